The molecule has 112 valence electrons. The Morgan fingerprint density at radius 3 is 2.86 bits per heavy atom. The van der Waals surface area contributed by atoms with Crippen LogP contribution in [0.5, 0.6) is 0 Å². The number of ether oxygens (including phenoxy) is 1. The molecule has 1 atom stereocenters. The van der Waals surface area contributed by atoms with Crippen LogP contribution in [0.3, 0.4) is 0 Å². The number of hydrogen-bond donors (Lipinski definition) is 0. The Bertz CT molecular complexity index is 581. The van der Waals surface area contributed by atoms with Crippen molar-refractivity contribution < 1.29 is 4.74 Å². The highest BCUT2D eigenvalue weighted by molar-refractivity contribution is 5.20. The van der Waals surface area contributed by atoms with Gasteiger partial charge in [0, 0.05) is 19.6 Å². The molecule has 2 aromatic rings. The van der Waals surface area contributed by atoms with Gasteiger partial charge in [0.25, 0.3) is 0 Å². The Kier molecular flexibility index (Phi) is 4.31. The molecule has 0 radical (unpaired) electrons. The van der Waals surface area contributed by atoms with E-state index < -0.39 is 0 Å². The van der Waals surface area contributed by atoms with Gasteiger partial charge in [-0.2, -0.15) is 0 Å². The van der Waals surface area contributed by atoms with Gasteiger partial charge in [-0.25, -0.2) is 4.68 Å². The first-order chi connectivity index (χ1) is 10.3. The fourth-order valence-electron chi connectivity index (χ4n) is 2.87. The Hall–Kier alpha value is -1.72. The quantitative estimate of drug-likeness (QED) is 0.864. The summed E-state index contributed by atoms with van der Waals surface area (Å²) in [5.74, 6) is 0. The Morgan fingerprint density at radius 1 is 1.29 bits per heavy atom. The van der Waals surface area contributed by atoms with Crippen LogP contribution in [0.15, 0.2) is 30.3 Å². The molecular weight excluding hydrogens is 264 g/mol. The molecule has 5 nitrogen and oxygen atoms in total. The van der Waals surface area contributed by atoms with Gasteiger partial charge in [-0.15, -0.1) is 5.10 Å². The first-order valence-electron chi connectivity index (χ1n) is 7.55. The van der Waals surface area contributed by atoms with Crippen LogP contribution in [0.2, 0.25) is 0 Å². The maximum Gasteiger partial charge on any atom is 0.0841 e. The molecule has 0 aliphatic carbocycles. The van der Waals surface area contributed by atoms with E-state index in [4.69, 9.17) is 4.74 Å². The summed E-state index contributed by atoms with van der Waals surface area (Å²) in [6.45, 7) is 8.34. The molecule has 1 fully saturated rings. The number of aromatic nitrogens is 3. The summed E-state index contributed by atoms with van der Waals surface area (Å²) in [4.78, 5) is 2.47. The lowest BCUT2D eigenvalue weighted by Gasteiger charge is -2.35. The topological polar surface area (TPSA) is 43.2 Å². The van der Waals surface area contributed by atoms with E-state index >= 15 is 0 Å². The minimum atomic E-state index is 0.305. The SMILES string of the molecule is CCn1nnc(C)c1CN1CCOCC1c1ccccc1. The number of rotatable bonds is 4. The van der Waals surface area contributed by atoms with Crippen molar-refractivity contribution in [2.45, 2.75) is 33.0 Å². The molecule has 0 spiro atoms. The molecule has 0 saturated carbocycles. The molecule has 1 aromatic carbocycles. The lowest BCUT2D eigenvalue weighted by molar-refractivity contribution is -0.0139. The molecular formula is C16H22N4O. The second kappa shape index (κ2) is 6.37. The smallest absolute Gasteiger partial charge is 0.0841 e. The minimum absolute atomic E-state index is 0.305. The summed E-state index contributed by atoms with van der Waals surface area (Å²) in [6.07, 6.45) is 0. The molecule has 0 N–H and O–H groups in total. The van der Waals surface area contributed by atoms with E-state index in [1.807, 2.05) is 11.6 Å². The first kappa shape index (κ1) is 14.2. The highest BCUT2D eigenvalue weighted by Gasteiger charge is 2.26. The van der Waals surface area contributed by atoms with Crippen LogP contribution < -0.4 is 0 Å². The van der Waals surface area contributed by atoms with Crippen molar-refractivity contribution in [1.29, 1.82) is 0 Å². The standard InChI is InChI=1S/C16H22N4O/c1-3-20-15(13(2)17-18-20)11-19-9-10-21-12-16(19)14-7-5-4-6-8-14/h4-8,16H,3,9-12H2,1-2H3. The molecule has 1 saturated heterocycles. The fraction of sp³-hybridized carbons (Fsp3) is 0.500. The Balaban J connectivity index is 1.83. The van der Waals surface area contributed by atoms with Crippen molar-refractivity contribution in [3.63, 3.8) is 0 Å². The van der Waals surface area contributed by atoms with Crippen LogP contribution in [-0.4, -0.2) is 39.7 Å². The summed E-state index contributed by atoms with van der Waals surface area (Å²) in [7, 11) is 0. The third-order valence-electron chi connectivity index (χ3n) is 4.11. The molecule has 2 heterocycles. The minimum Gasteiger partial charge on any atom is -0.378 e. The van der Waals surface area contributed by atoms with Crippen LogP contribution in [0.1, 0.15) is 29.9 Å². The normalized spacial score (nSPS) is 19.8. The van der Waals surface area contributed by atoms with Crippen molar-refractivity contribution in [1.82, 2.24) is 19.9 Å². The van der Waals surface area contributed by atoms with Crippen LogP contribution >= 0.6 is 0 Å². The second-order valence-electron chi connectivity index (χ2n) is 5.41. The predicted molar refractivity (Wildman–Crippen MR) is 80.8 cm³/mol. The Morgan fingerprint density at radius 2 is 2.10 bits per heavy atom. The van der Waals surface area contributed by atoms with Gasteiger partial charge in [-0.1, -0.05) is 35.5 Å². The maximum absolute atomic E-state index is 5.69. The van der Waals surface area contributed by atoms with Gasteiger partial charge < -0.3 is 4.74 Å². The number of hydrogen-bond acceptors (Lipinski definition) is 4. The highest BCUT2D eigenvalue weighted by atomic mass is 16.5. The summed E-state index contributed by atoms with van der Waals surface area (Å²) in [6, 6.07) is 10.9. The van der Waals surface area contributed by atoms with Gasteiger partial charge in [0.15, 0.2) is 0 Å². The molecule has 0 bridgehead atoms. The average Bonchev–Trinajstić information content (AvgIpc) is 2.89. The monoisotopic (exact) mass is 286 g/mol. The van der Waals surface area contributed by atoms with E-state index in [0.29, 0.717) is 6.04 Å². The molecule has 3 rings (SSSR count). The van der Waals surface area contributed by atoms with Crippen molar-refractivity contribution in [2.24, 2.45) is 0 Å². The van der Waals surface area contributed by atoms with Crippen molar-refractivity contribution >= 4 is 0 Å². The summed E-state index contributed by atoms with van der Waals surface area (Å²) < 4.78 is 7.69. The van der Waals surface area contributed by atoms with Gasteiger partial charge in [0.1, 0.15) is 0 Å². The van der Waals surface area contributed by atoms with Gasteiger partial charge >= 0.3 is 0 Å². The van der Waals surface area contributed by atoms with Gasteiger partial charge in [-0.3, -0.25) is 4.90 Å². The summed E-state index contributed by atoms with van der Waals surface area (Å²) >= 11 is 0. The van der Waals surface area contributed by atoms with Crippen molar-refractivity contribution in [3.05, 3.63) is 47.3 Å². The maximum atomic E-state index is 5.69. The van der Waals surface area contributed by atoms with Crippen molar-refractivity contribution in [3.8, 4) is 0 Å². The third-order valence-corrected chi connectivity index (χ3v) is 4.11. The van der Waals surface area contributed by atoms with Crippen molar-refractivity contribution in [2.75, 3.05) is 19.8 Å². The van der Waals surface area contributed by atoms with E-state index in [0.717, 1.165) is 38.5 Å². The van der Waals surface area contributed by atoms with Crippen LogP contribution in [0.4, 0.5) is 0 Å². The highest BCUT2D eigenvalue weighted by Crippen LogP contribution is 2.26. The second-order valence-corrected chi connectivity index (χ2v) is 5.41. The zero-order chi connectivity index (χ0) is 14.7. The number of nitrogens with zero attached hydrogens (tertiary/aromatic N) is 4. The van der Waals surface area contributed by atoms with Crippen LogP contribution in [0.25, 0.3) is 0 Å². The largest absolute Gasteiger partial charge is 0.378 e. The fourth-order valence-corrected chi connectivity index (χ4v) is 2.87. The van der Waals surface area contributed by atoms with E-state index in [-0.39, 0.29) is 0 Å². The molecule has 5 heteroatoms. The number of aryl methyl sites for hydroxylation is 2. The number of morpholine rings is 1. The van der Waals surface area contributed by atoms with Gasteiger partial charge in [-0.05, 0) is 19.4 Å². The van der Waals surface area contributed by atoms with Gasteiger partial charge in [0.05, 0.1) is 30.6 Å². The molecule has 1 aromatic heterocycles. The number of benzene rings is 1. The van der Waals surface area contributed by atoms with Crippen LogP contribution in [-0.2, 0) is 17.8 Å². The van der Waals surface area contributed by atoms with E-state index in [9.17, 15) is 0 Å². The lowest BCUT2D eigenvalue weighted by atomic mass is 10.0. The van der Waals surface area contributed by atoms with Crippen LogP contribution in [0, 0.1) is 6.92 Å². The molecule has 1 aliphatic heterocycles. The van der Waals surface area contributed by atoms with E-state index in [1.165, 1.54) is 11.3 Å². The molecule has 0 amide bonds. The zero-order valence-corrected chi connectivity index (χ0v) is 12.7. The average molecular weight is 286 g/mol. The molecule has 1 aliphatic rings. The van der Waals surface area contributed by atoms with E-state index in [1.54, 1.807) is 0 Å². The van der Waals surface area contributed by atoms with E-state index in [2.05, 4.69) is 52.5 Å². The third kappa shape index (κ3) is 2.99. The van der Waals surface area contributed by atoms with Gasteiger partial charge in [0.2, 0.25) is 0 Å². The summed E-state index contributed by atoms with van der Waals surface area (Å²) in [5, 5.41) is 8.41. The summed E-state index contributed by atoms with van der Waals surface area (Å²) in [5.41, 5.74) is 3.54. The zero-order valence-electron chi connectivity index (χ0n) is 12.7. The first-order valence-corrected chi connectivity index (χ1v) is 7.55. The Labute approximate surface area is 125 Å². The molecule has 1 unspecified atom stereocenters. The molecule has 21 heavy (non-hydrogen) atoms. The lowest BCUT2D eigenvalue weighted by Crippen LogP contribution is -2.39. The predicted octanol–water partition coefficient (Wildman–Crippen LogP) is 2.18.